The standard InChI is InChI=1S/C15H18N2O4/c18-13-8-11(6-7-12(13)14(19)20)17-15(21)16-9-10-4-2-1-3-5-10/h1-2,6-8,10,18H,3-5,9H2,(H,19,20)(H2,16,17,21). The molecule has 1 unspecified atom stereocenters. The first kappa shape index (κ1) is 14.9. The minimum atomic E-state index is -1.21. The van der Waals surface area contributed by atoms with E-state index in [-0.39, 0.29) is 17.3 Å². The number of phenols is 1. The lowest BCUT2D eigenvalue weighted by atomic mass is 9.94. The molecule has 21 heavy (non-hydrogen) atoms. The van der Waals surface area contributed by atoms with Gasteiger partial charge in [-0.3, -0.25) is 0 Å². The van der Waals surface area contributed by atoms with Gasteiger partial charge in [0.25, 0.3) is 0 Å². The lowest BCUT2D eigenvalue weighted by Crippen LogP contribution is -2.33. The summed E-state index contributed by atoms with van der Waals surface area (Å²) < 4.78 is 0. The van der Waals surface area contributed by atoms with Gasteiger partial charge in [0.1, 0.15) is 11.3 Å². The molecule has 0 aliphatic heterocycles. The maximum Gasteiger partial charge on any atom is 0.339 e. The third-order valence-corrected chi connectivity index (χ3v) is 3.41. The molecule has 0 saturated carbocycles. The second-order valence-corrected chi connectivity index (χ2v) is 5.02. The number of urea groups is 1. The van der Waals surface area contributed by atoms with Gasteiger partial charge in [-0.05, 0) is 37.3 Å². The number of allylic oxidation sites excluding steroid dienone is 2. The Balaban J connectivity index is 1.86. The molecule has 0 saturated heterocycles. The Morgan fingerprint density at radius 3 is 2.71 bits per heavy atom. The fourth-order valence-electron chi connectivity index (χ4n) is 2.24. The van der Waals surface area contributed by atoms with Crippen molar-refractivity contribution < 1.29 is 19.8 Å². The fraction of sp³-hybridized carbons (Fsp3) is 0.333. The lowest BCUT2D eigenvalue weighted by molar-refractivity contribution is 0.0694. The first-order valence-electron chi connectivity index (χ1n) is 6.82. The molecular weight excluding hydrogens is 272 g/mol. The quantitative estimate of drug-likeness (QED) is 0.640. The van der Waals surface area contributed by atoms with Crippen LogP contribution in [-0.4, -0.2) is 28.8 Å². The van der Waals surface area contributed by atoms with Crippen LogP contribution in [0.25, 0.3) is 0 Å². The number of benzene rings is 1. The topological polar surface area (TPSA) is 98.7 Å². The summed E-state index contributed by atoms with van der Waals surface area (Å²) in [5.41, 5.74) is 0.147. The van der Waals surface area contributed by atoms with Crippen molar-refractivity contribution in [1.82, 2.24) is 5.32 Å². The first-order valence-corrected chi connectivity index (χ1v) is 6.82. The van der Waals surface area contributed by atoms with E-state index in [0.717, 1.165) is 19.3 Å². The number of hydrogen-bond donors (Lipinski definition) is 4. The van der Waals surface area contributed by atoms with Crippen molar-refractivity contribution in [3.05, 3.63) is 35.9 Å². The lowest BCUT2D eigenvalue weighted by Gasteiger charge is -2.18. The van der Waals surface area contributed by atoms with Crippen LogP contribution in [0.3, 0.4) is 0 Å². The summed E-state index contributed by atoms with van der Waals surface area (Å²) in [6.45, 7) is 0.593. The van der Waals surface area contributed by atoms with Crippen molar-refractivity contribution in [1.29, 1.82) is 0 Å². The van der Waals surface area contributed by atoms with Crippen LogP contribution in [0.1, 0.15) is 29.6 Å². The van der Waals surface area contributed by atoms with Crippen molar-refractivity contribution in [3.8, 4) is 5.75 Å². The van der Waals surface area contributed by atoms with E-state index in [1.807, 2.05) is 0 Å². The molecule has 0 aromatic heterocycles. The number of carbonyl (C=O) groups excluding carboxylic acids is 1. The van der Waals surface area contributed by atoms with Gasteiger partial charge in [0.05, 0.1) is 0 Å². The van der Waals surface area contributed by atoms with Gasteiger partial charge in [0.15, 0.2) is 0 Å². The Hall–Kier alpha value is -2.50. The average molecular weight is 290 g/mol. The van der Waals surface area contributed by atoms with Crippen LogP contribution in [0.2, 0.25) is 0 Å². The van der Waals surface area contributed by atoms with Crippen molar-refractivity contribution in [3.63, 3.8) is 0 Å². The molecule has 1 aliphatic rings. The molecule has 1 atom stereocenters. The second kappa shape index (κ2) is 6.78. The van der Waals surface area contributed by atoms with Gasteiger partial charge in [-0.2, -0.15) is 0 Å². The molecule has 4 N–H and O–H groups in total. The third-order valence-electron chi connectivity index (χ3n) is 3.41. The Morgan fingerprint density at radius 2 is 2.10 bits per heavy atom. The van der Waals surface area contributed by atoms with Crippen LogP contribution in [0.15, 0.2) is 30.4 Å². The van der Waals surface area contributed by atoms with Gasteiger partial charge in [0.2, 0.25) is 0 Å². The molecule has 2 amide bonds. The van der Waals surface area contributed by atoms with Gasteiger partial charge >= 0.3 is 12.0 Å². The third kappa shape index (κ3) is 4.24. The van der Waals surface area contributed by atoms with E-state index in [1.165, 1.54) is 18.2 Å². The van der Waals surface area contributed by atoms with Crippen molar-refractivity contribution in [2.75, 3.05) is 11.9 Å². The highest BCUT2D eigenvalue weighted by Crippen LogP contribution is 2.22. The number of carboxylic acids is 1. The number of rotatable bonds is 4. The van der Waals surface area contributed by atoms with Gasteiger partial charge < -0.3 is 20.8 Å². The van der Waals surface area contributed by atoms with Gasteiger partial charge in [0, 0.05) is 18.3 Å². The molecule has 112 valence electrons. The molecule has 6 nitrogen and oxygen atoms in total. The predicted molar refractivity (Wildman–Crippen MR) is 78.6 cm³/mol. The van der Waals surface area contributed by atoms with Gasteiger partial charge in [-0.1, -0.05) is 12.2 Å². The van der Waals surface area contributed by atoms with Gasteiger partial charge in [-0.15, -0.1) is 0 Å². The van der Waals surface area contributed by atoms with E-state index >= 15 is 0 Å². The van der Waals surface area contributed by atoms with E-state index in [4.69, 9.17) is 5.11 Å². The molecular formula is C15H18N2O4. The SMILES string of the molecule is O=C(NCC1CC=CCC1)Nc1ccc(C(=O)O)c(O)c1. The normalized spacial score (nSPS) is 17.2. The van der Waals surface area contributed by atoms with E-state index in [2.05, 4.69) is 22.8 Å². The summed E-state index contributed by atoms with van der Waals surface area (Å²) >= 11 is 0. The summed E-state index contributed by atoms with van der Waals surface area (Å²) in [5, 5.41) is 23.7. The molecule has 1 aromatic carbocycles. The number of anilines is 1. The van der Waals surface area contributed by atoms with Crippen LogP contribution >= 0.6 is 0 Å². The molecule has 1 aliphatic carbocycles. The van der Waals surface area contributed by atoms with E-state index in [0.29, 0.717) is 18.2 Å². The van der Waals surface area contributed by atoms with Crippen molar-refractivity contribution in [2.24, 2.45) is 5.92 Å². The van der Waals surface area contributed by atoms with E-state index < -0.39 is 5.97 Å². The summed E-state index contributed by atoms with van der Waals surface area (Å²) in [7, 11) is 0. The van der Waals surface area contributed by atoms with Crippen LogP contribution in [0, 0.1) is 5.92 Å². The first-order chi connectivity index (χ1) is 10.1. The van der Waals surface area contributed by atoms with Crippen molar-refractivity contribution >= 4 is 17.7 Å². The molecule has 0 fully saturated rings. The highest BCUT2D eigenvalue weighted by atomic mass is 16.4. The molecule has 2 rings (SSSR count). The van der Waals surface area contributed by atoms with Gasteiger partial charge in [-0.25, -0.2) is 9.59 Å². The number of aromatic carboxylic acids is 1. The summed E-state index contributed by atoms with van der Waals surface area (Å²) in [4.78, 5) is 22.5. The fourth-order valence-corrected chi connectivity index (χ4v) is 2.24. The number of carboxylic acid groups (broad SMARTS) is 1. The Kier molecular flexibility index (Phi) is 4.81. The minimum absolute atomic E-state index is 0.199. The largest absolute Gasteiger partial charge is 0.507 e. The monoisotopic (exact) mass is 290 g/mol. The number of amides is 2. The van der Waals surface area contributed by atoms with Crippen LogP contribution < -0.4 is 10.6 Å². The number of nitrogens with one attached hydrogen (secondary N) is 2. The molecule has 6 heteroatoms. The maximum absolute atomic E-state index is 11.7. The van der Waals surface area contributed by atoms with Crippen LogP contribution in [0.5, 0.6) is 5.75 Å². The molecule has 0 bridgehead atoms. The molecule has 0 heterocycles. The number of aromatic hydroxyl groups is 1. The minimum Gasteiger partial charge on any atom is -0.507 e. The molecule has 1 aromatic rings. The Morgan fingerprint density at radius 1 is 1.29 bits per heavy atom. The zero-order valence-electron chi connectivity index (χ0n) is 11.5. The summed E-state index contributed by atoms with van der Waals surface area (Å²) in [5.74, 6) is -1.14. The highest BCUT2D eigenvalue weighted by molar-refractivity contribution is 5.93. The number of carbonyl (C=O) groups is 2. The Bertz CT molecular complexity index is 569. The van der Waals surface area contributed by atoms with Crippen LogP contribution in [-0.2, 0) is 0 Å². The molecule has 0 spiro atoms. The number of hydrogen-bond acceptors (Lipinski definition) is 3. The van der Waals surface area contributed by atoms with Crippen LogP contribution in [0.4, 0.5) is 10.5 Å². The maximum atomic E-state index is 11.7. The summed E-state index contributed by atoms with van der Waals surface area (Å²) in [6.07, 6.45) is 7.33. The Labute approximate surface area is 122 Å². The van der Waals surface area contributed by atoms with E-state index in [9.17, 15) is 14.7 Å². The predicted octanol–water partition coefficient (Wildman–Crippen LogP) is 2.57. The van der Waals surface area contributed by atoms with E-state index in [1.54, 1.807) is 0 Å². The zero-order valence-corrected chi connectivity index (χ0v) is 11.5. The average Bonchev–Trinajstić information content (AvgIpc) is 2.46. The second-order valence-electron chi connectivity index (χ2n) is 5.02. The zero-order chi connectivity index (χ0) is 15.2. The smallest absolute Gasteiger partial charge is 0.339 e. The van der Waals surface area contributed by atoms with Crippen molar-refractivity contribution in [2.45, 2.75) is 19.3 Å². The molecule has 0 radical (unpaired) electrons. The highest BCUT2D eigenvalue weighted by Gasteiger charge is 2.13. The summed E-state index contributed by atoms with van der Waals surface area (Å²) in [6, 6.07) is 3.53.